The molecule has 1 aromatic carbocycles. The molecule has 1 aromatic heterocycles. The van der Waals surface area contributed by atoms with Gasteiger partial charge in [-0.2, -0.15) is 0 Å². The predicted octanol–water partition coefficient (Wildman–Crippen LogP) is 1.31. The number of hydrogen-bond acceptors (Lipinski definition) is 5. The maximum Gasteiger partial charge on any atom is 0.242 e. The fourth-order valence-electron chi connectivity index (χ4n) is 3.01. The van der Waals surface area contributed by atoms with E-state index < -0.39 is 10.0 Å². The standard InChI is InChI=1S/C19H31N5O3S/c1-6-24-17-9-8-15(28(26,27)23(4)5)14-16(17)21-18(24)10-11-19(25)20-12-7-13-22(2)3/h8-9,14H,6-7,10-13H2,1-5H3,(H,20,25). The number of amides is 1. The van der Waals surface area contributed by atoms with Crippen LogP contribution in [0.1, 0.15) is 25.6 Å². The van der Waals surface area contributed by atoms with Crippen molar-refractivity contribution in [1.82, 2.24) is 24.1 Å². The number of hydrogen-bond donors (Lipinski definition) is 1. The molecular formula is C19H31N5O3S. The molecule has 156 valence electrons. The molecule has 9 heteroatoms. The number of imidazole rings is 1. The summed E-state index contributed by atoms with van der Waals surface area (Å²) in [6.07, 6.45) is 1.78. The summed E-state index contributed by atoms with van der Waals surface area (Å²) in [5, 5.41) is 2.93. The first-order valence-electron chi connectivity index (χ1n) is 9.50. The molecule has 0 aliphatic heterocycles. The van der Waals surface area contributed by atoms with Gasteiger partial charge in [-0.05, 0) is 52.2 Å². The van der Waals surface area contributed by atoms with Crippen LogP contribution in [-0.2, 0) is 27.8 Å². The highest BCUT2D eigenvalue weighted by Crippen LogP contribution is 2.22. The molecule has 0 saturated carbocycles. The summed E-state index contributed by atoms with van der Waals surface area (Å²) < 4.78 is 27.9. The average Bonchev–Trinajstić information content (AvgIpc) is 2.99. The van der Waals surface area contributed by atoms with E-state index in [0.29, 0.717) is 31.4 Å². The van der Waals surface area contributed by atoms with Crippen molar-refractivity contribution in [3.63, 3.8) is 0 Å². The topological polar surface area (TPSA) is 87.5 Å². The van der Waals surface area contributed by atoms with Gasteiger partial charge in [0.05, 0.1) is 15.9 Å². The largest absolute Gasteiger partial charge is 0.356 e. The Morgan fingerprint density at radius 1 is 1.21 bits per heavy atom. The van der Waals surface area contributed by atoms with Crippen LogP contribution in [0.5, 0.6) is 0 Å². The Labute approximate surface area is 167 Å². The van der Waals surface area contributed by atoms with Crippen LogP contribution in [0.3, 0.4) is 0 Å². The predicted molar refractivity (Wildman–Crippen MR) is 111 cm³/mol. The summed E-state index contributed by atoms with van der Waals surface area (Å²) in [6.45, 7) is 4.31. The Morgan fingerprint density at radius 3 is 2.54 bits per heavy atom. The van der Waals surface area contributed by atoms with E-state index in [0.717, 1.165) is 24.3 Å². The van der Waals surface area contributed by atoms with Crippen molar-refractivity contribution in [2.75, 3.05) is 41.3 Å². The van der Waals surface area contributed by atoms with Crippen molar-refractivity contribution >= 4 is 27.0 Å². The Kier molecular flexibility index (Phi) is 7.56. The van der Waals surface area contributed by atoms with Gasteiger partial charge in [0.1, 0.15) is 5.82 Å². The highest BCUT2D eigenvalue weighted by atomic mass is 32.2. The fraction of sp³-hybridized carbons (Fsp3) is 0.579. The third-order valence-electron chi connectivity index (χ3n) is 4.57. The van der Waals surface area contributed by atoms with Crippen LogP contribution in [0.4, 0.5) is 0 Å². The zero-order valence-electron chi connectivity index (χ0n) is 17.4. The van der Waals surface area contributed by atoms with E-state index in [1.54, 1.807) is 18.2 Å². The van der Waals surface area contributed by atoms with Crippen molar-refractivity contribution in [1.29, 1.82) is 0 Å². The molecule has 28 heavy (non-hydrogen) atoms. The summed E-state index contributed by atoms with van der Waals surface area (Å²) in [5.74, 6) is 0.796. The van der Waals surface area contributed by atoms with Crippen LogP contribution in [0.2, 0.25) is 0 Å². The van der Waals surface area contributed by atoms with Crippen LogP contribution >= 0.6 is 0 Å². The smallest absolute Gasteiger partial charge is 0.242 e. The number of benzene rings is 1. The highest BCUT2D eigenvalue weighted by molar-refractivity contribution is 7.89. The van der Waals surface area contributed by atoms with Gasteiger partial charge in [-0.3, -0.25) is 4.79 Å². The maximum atomic E-state index is 12.4. The number of aromatic nitrogens is 2. The minimum atomic E-state index is -3.51. The van der Waals surface area contributed by atoms with Crippen molar-refractivity contribution < 1.29 is 13.2 Å². The lowest BCUT2D eigenvalue weighted by atomic mass is 10.2. The summed E-state index contributed by atoms with van der Waals surface area (Å²) >= 11 is 0. The first-order chi connectivity index (χ1) is 13.2. The molecule has 0 fully saturated rings. The van der Waals surface area contributed by atoms with Crippen molar-refractivity contribution in [3.8, 4) is 0 Å². The Bertz CT molecular complexity index is 919. The van der Waals surface area contributed by atoms with Gasteiger partial charge >= 0.3 is 0 Å². The van der Waals surface area contributed by atoms with Crippen LogP contribution in [-0.4, -0.2) is 74.4 Å². The van der Waals surface area contributed by atoms with E-state index in [4.69, 9.17) is 0 Å². The molecule has 0 saturated heterocycles. The van der Waals surface area contributed by atoms with E-state index in [-0.39, 0.29) is 10.8 Å². The number of carbonyl (C=O) groups is 1. The quantitative estimate of drug-likeness (QED) is 0.598. The molecule has 1 heterocycles. The number of rotatable bonds is 10. The molecule has 1 N–H and O–H groups in total. The number of nitrogens with zero attached hydrogens (tertiary/aromatic N) is 4. The lowest BCUT2D eigenvalue weighted by Crippen LogP contribution is -2.27. The molecule has 2 aromatic rings. The van der Waals surface area contributed by atoms with Gasteiger partial charge in [0.2, 0.25) is 15.9 Å². The molecule has 0 radical (unpaired) electrons. The fourth-order valence-corrected chi connectivity index (χ4v) is 3.93. The lowest BCUT2D eigenvalue weighted by molar-refractivity contribution is -0.121. The van der Waals surface area contributed by atoms with Gasteiger partial charge in [0, 0.05) is 40.0 Å². The first-order valence-corrected chi connectivity index (χ1v) is 10.9. The summed E-state index contributed by atoms with van der Waals surface area (Å²) in [5.41, 5.74) is 1.51. The van der Waals surface area contributed by atoms with Gasteiger partial charge < -0.3 is 14.8 Å². The second-order valence-electron chi connectivity index (χ2n) is 7.22. The van der Waals surface area contributed by atoms with Crippen molar-refractivity contribution in [2.24, 2.45) is 0 Å². The van der Waals surface area contributed by atoms with Gasteiger partial charge in [-0.25, -0.2) is 17.7 Å². The zero-order chi connectivity index (χ0) is 20.9. The van der Waals surface area contributed by atoms with E-state index in [2.05, 4.69) is 15.2 Å². The van der Waals surface area contributed by atoms with E-state index in [9.17, 15) is 13.2 Å². The van der Waals surface area contributed by atoms with Crippen LogP contribution < -0.4 is 5.32 Å². The van der Waals surface area contributed by atoms with E-state index >= 15 is 0 Å². The van der Waals surface area contributed by atoms with Crippen LogP contribution in [0.15, 0.2) is 23.1 Å². The molecule has 0 aliphatic rings. The molecule has 8 nitrogen and oxygen atoms in total. The molecule has 0 unspecified atom stereocenters. The number of fused-ring (bicyclic) bond motifs is 1. The van der Waals surface area contributed by atoms with Gasteiger partial charge in [0.15, 0.2) is 0 Å². The Balaban J connectivity index is 2.11. The summed E-state index contributed by atoms with van der Waals surface area (Å²) in [6, 6.07) is 4.99. The number of sulfonamides is 1. The molecule has 2 rings (SSSR count). The van der Waals surface area contributed by atoms with Gasteiger partial charge in [-0.15, -0.1) is 0 Å². The maximum absolute atomic E-state index is 12.4. The normalized spacial score (nSPS) is 12.2. The molecular weight excluding hydrogens is 378 g/mol. The lowest BCUT2D eigenvalue weighted by Gasteiger charge is -2.11. The Hall–Kier alpha value is -1.97. The van der Waals surface area contributed by atoms with Gasteiger partial charge in [-0.1, -0.05) is 0 Å². The summed E-state index contributed by atoms with van der Waals surface area (Å²) in [7, 11) is 3.52. The van der Waals surface area contributed by atoms with E-state index in [1.165, 1.54) is 18.4 Å². The molecule has 0 spiro atoms. The highest BCUT2D eigenvalue weighted by Gasteiger charge is 2.19. The van der Waals surface area contributed by atoms with Crippen molar-refractivity contribution in [3.05, 3.63) is 24.0 Å². The van der Waals surface area contributed by atoms with Crippen LogP contribution in [0, 0.1) is 0 Å². The first kappa shape index (κ1) is 22.3. The second-order valence-corrected chi connectivity index (χ2v) is 9.37. The molecule has 1 amide bonds. The minimum Gasteiger partial charge on any atom is -0.356 e. The monoisotopic (exact) mass is 409 g/mol. The molecule has 0 bridgehead atoms. The molecule has 0 atom stereocenters. The number of aryl methyl sites for hydroxylation is 2. The Morgan fingerprint density at radius 2 is 1.93 bits per heavy atom. The number of carbonyl (C=O) groups excluding carboxylic acids is 1. The van der Waals surface area contributed by atoms with E-state index in [1.807, 2.05) is 25.6 Å². The third-order valence-corrected chi connectivity index (χ3v) is 6.38. The number of nitrogens with one attached hydrogen (secondary N) is 1. The zero-order valence-corrected chi connectivity index (χ0v) is 18.2. The third kappa shape index (κ3) is 5.30. The molecule has 0 aliphatic carbocycles. The second kappa shape index (κ2) is 9.49. The van der Waals surface area contributed by atoms with Crippen molar-refractivity contribution in [2.45, 2.75) is 37.6 Å². The average molecular weight is 410 g/mol. The van der Waals surface area contributed by atoms with Gasteiger partial charge in [0.25, 0.3) is 0 Å². The minimum absolute atomic E-state index is 0.00402. The SMILES string of the molecule is CCn1c(CCC(=O)NCCCN(C)C)nc2cc(S(=O)(=O)N(C)C)ccc21. The summed E-state index contributed by atoms with van der Waals surface area (Å²) in [4.78, 5) is 19.0. The van der Waals surface area contributed by atoms with Crippen LogP contribution in [0.25, 0.3) is 11.0 Å².